The van der Waals surface area contributed by atoms with E-state index in [1.165, 1.54) is 11.3 Å². The van der Waals surface area contributed by atoms with E-state index in [2.05, 4.69) is 11.1 Å². The third-order valence-corrected chi connectivity index (χ3v) is 3.47. The van der Waals surface area contributed by atoms with Crippen molar-refractivity contribution < 1.29 is 0 Å². The van der Waals surface area contributed by atoms with Crippen LogP contribution < -0.4 is 5.56 Å². The number of benzene rings is 1. The second kappa shape index (κ2) is 3.19. The third-order valence-electron chi connectivity index (χ3n) is 2.56. The van der Waals surface area contributed by atoms with Crippen molar-refractivity contribution in [2.24, 2.45) is 0 Å². The van der Waals surface area contributed by atoms with Crippen molar-refractivity contribution in [3.63, 3.8) is 0 Å². The van der Waals surface area contributed by atoms with Crippen LogP contribution in [0.1, 0.15) is 5.56 Å². The molecule has 4 heteroatoms. The second-order valence-corrected chi connectivity index (χ2v) is 4.41. The Morgan fingerprint density at radius 2 is 2.12 bits per heavy atom. The molecule has 0 spiro atoms. The zero-order valence-electron chi connectivity index (χ0n) is 8.15. The number of H-pyrrole nitrogens is 1. The summed E-state index contributed by atoms with van der Waals surface area (Å²) < 4.78 is 0.711. The largest absolute Gasteiger partial charge is 0.321 e. The summed E-state index contributed by atoms with van der Waals surface area (Å²) in [4.78, 5) is 14.5. The maximum absolute atomic E-state index is 11.7. The average Bonchev–Trinajstić information content (AvgIpc) is 2.78. The Kier molecular flexibility index (Phi) is 1.82. The normalized spacial score (nSPS) is 10.7. The minimum Gasteiger partial charge on any atom is -0.321 e. The second-order valence-electron chi connectivity index (χ2n) is 3.49. The molecule has 0 atom stereocenters. The van der Waals surface area contributed by atoms with E-state index in [1.54, 1.807) is 18.2 Å². The van der Waals surface area contributed by atoms with Gasteiger partial charge >= 0.3 is 0 Å². The van der Waals surface area contributed by atoms with E-state index >= 15 is 0 Å². The number of pyridine rings is 1. The highest BCUT2D eigenvalue weighted by atomic mass is 32.1. The molecule has 0 radical (unpaired) electrons. The molecule has 16 heavy (non-hydrogen) atoms. The monoisotopic (exact) mass is 226 g/mol. The standard InChI is InChI=1S/C12H6N2OS/c13-6-7-1-2-10-9(5-7)8-3-4-16-11(8)12(15)14-10/h1-5H,(H,14,15). The molecule has 0 amide bonds. The zero-order chi connectivity index (χ0) is 11.1. The first-order valence-corrected chi connectivity index (χ1v) is 5.61. The van der Waals surface area contributed by atoms with E-state index in [4.69, 9.17) is 5.26 Å². The number of rotatable bonds is 0. The van der Waals surface area contributed by atoms with Crippen molar-refractivity contribution >= 4 is 32.3 Å². The molecule has 76 valence electrons. The number of nitrogens with one attached hydrogen (secondary N) is 1. The molecule has 0 saturated carbocycles. The van der Waals surface area contributed by atoms with Crippen LogP contribution in [0.15, 0.2) is 34.4 Å². The van der Waals surface area contributed by atoms with Crippen LogP contribution in [0, 0.1) is 11.3 Å². The smallest absolute Gasteiger partial charge is 0.266 e. The third kappa shape index (κ3) is 1.16. The predicted molar refractivity (Wildman–Crippen MR) is 64.7 cm³/mol. The Bertz CT molecular complexity index is 792. The molecule has 0 aliphatic rings. The van der Waals surface area contributed by atoms with Crippen molar-refractivity contribution in [3.8, 4) is 6.07 Å². The van der Waals surface area contributed by atoms with Crippen molar-refractivity contribution in [1.29, 1.82) is 5.26 Å². The van der Waals surface area contributed by atoms with Crippen LogP contribution in [-0.2, 0) is 0 Å². The molecule has 0 saturated heterocycles. The highest BCUT2D eigenvalue weighted by Crippen LogP contribution is 2.25. The van der Waals surface area contributed by atoms with Crippen molar-refractivity contribution in [2.75, 3.05) is 0 Å². The Morgan fingerprint density at radius 1 is 1.25 bits per heavy atom. The number of aromatic amines is 1. The van der Waals surface area contributed by atoms with Crippen LogP contribution >= 0.6 is 11.3 Å². The Labute approximate surface area is 94.6 Å². The van der Waals surface area contributed by atoms with Crippen LogP contribution in [0.4, 0.5) is 0 Å². The minimum atomic E-state index is -0.0674. The van der Waals surface area contributed by atoms with Gasteiger partial charge in [-0.2, -0.15) is 5.26 Å². The van der Waals surface area contributed by atoms with E-state index in [-0.39, 0.29) is 5.56 Å². The number of nitrogens with zero attached hydrogens (tertiary/aromatic N) is 1. The zero-order valence-corrected chi connectivity index (χ0v) is 8.97. The van der Waals surface area contributed by atoms with E-state index in [9.17, 15) is 4.79 Å². The minimum absolute atomic E-state index is 0.0674. The van der Waals surface area contributed by atoms with Crippen LogP contribution in [0.2, 0.25) is 0 Å². The number of fused-ring (bicyclic) bond motifs is 3. The molecule has 0 aliphatic carbocycles. The Hall–Kier alpha value is -2.12. The van der Waals surface area contributed by atoms with Gasteiger partial charge in [-0.3, -0.25) is 4.79 Å². The fourth-order valence-electron chi connectivity index (χ4n) is 1.82. The molecular formula is C12H6N2OS. The summed E-state index contributed by atoms with van der Waals surface area (Å²) in [6.45, 7) is 0. The molecule has 0 fully saturated rings. The molecule has 3 aromatic rings. The molecule has 1 N–H and O–H groups in total. The number of thiophene rings is 1. The van der Waals surface area contributed by atoms with Crippen molar-refractivity contribution in [3.05, 3.63) is 45.6 Å². The van der Waals surface area contributed by atoms with Crippen LogP contribution in [0.25, 0.3) is 21.0 Å². The fourth-order valence-corrected chi connectivity index (χ4v) is 2.63. The first-order chi connectivity index (χ1) is 7.79. The Morgan fingerprint density at radius 3 is 2.94 bits per heavy atom. The highest BCUT2D eigenvalue weighted by molar-refractivity contribution is 7.17. The summed E-state index contributed by atoms with van der Waals surface area (Å²) in [6, 6.07) is 9.30. The lowest BCUT2D eigenvalue weighted by molar-refractivity contribution is 1.35. The molecule has 1 aromatic carbocycles. The summed E-state index contributed by atoms with van der Waals surface area (Å²) in [6.07, 6.45) is 0. The van der Waals surface area contributed by atoms with Crippen molar-refractivity contribution in [1.82, 2.24) is 4.98 Å². The summed E-state index contributed by atoms with van der Waals surface area (Å²) in [5, 5.41) is 12.6. The quantitative estimate of drug-likeness (QED) is 0.640. The first kappa shape index (κ1) is 9.13. The molecular weight excluding hydrogens is 220 g/mol. The van der Waals surface area contributed by atoms with Gasteiger partial charge in [0, 0.05) is 16.3 Å². The maximum Gasteiger partial charge on any atom is 0.266 e. The molecule has 0 aliphatic heterocycles. The fraction of sp³-hybridized carbons (Fsp3) is 0. The lowest BCUT2D eigenvalue weighted by atomic mass is 10.1. The molecule has 0 unspecified atom stereocenters. The maximum atomic E-state index is 11.7. The molecule has 2 aromatic heterocycles. The Balaban J connectivity index is 2.62. The van der Waals surface area contributed by atoms with Gasteiger partial charge in [0.05, 0.1) is 11.6 Å². The van der Waals surface area contributed by atoms with Crippen LogP contribution in [0.3, 0.4) is 0 Å². The average molecular weight is 226 g/mol. The van der Waals surface area contributed by atoms with Crippen LogP contribution in [-0.4, -0.2) is 4.98 Å². The number of nitriles is 1. The number of hydrogen-bond donors (Lipinski definition) is 1. The summed E-state index contributed by atoms with van der Waals surface area (Å²) in [7, 11) is 0. The summed E-state index contributed by atoms with van der Waals surface area (Å²) >= 11 is 1.42. The molecule has 3 nitrogen and oxygen atoms in total. The molecule has 0 bridgehead atoms. The van der Waals surface area contributed by atoms with Gasteiger partial charge in [0.2, 0.25) is 0 Å². The van der Waals surface area contributed by atoms with Gasteiger partial charge in [-0.05, 0) is 29.6 Å². The topological polar surface area (TPSA) is 56.6 Å². The van der Waals surface area contributed by atoms with Gasteiger partial charge in [0.25, 0.3) is 5.56 Å². The van der Waals surface area contributed by atoms with Gasteiger partial charge in [0.1, 0.15) is 4.70 Å². The number of hydrogen-bond acceptors (Lipinski definition) is 3. The summed E-state index contributed by atoms with van der Waals surface area (Å²) in [5.41, 5.74) is 1.31. The van der Waals surface area contributed by atoms with E-state index < -0.39 is 0 Å². The lowest BCUT2D eigenvalue weighted by Gasteiger charge is -1.99. The summed E-state index contributed by atoms with van der Waals surface area (Å²) in [5.74, 6) is 0. The van der Waals surface area contributed by atoms with E-state index in [0.29, 0.717) is 10.3 Å². The van der Waals surface area contributed by atoms with E-state index in [0.717, 1.165) is 16.3 Å². The van der Waals surface area contributed by atoms with Gasteiger partial charge < -0.3 is 4.98 Å². The highest BCUT2D eigenvalue weighted by Gasteiger charge is 2.06. The van der Waals surface area contributed by atoms with Crippen molar-refractivity contribution in [2.45, 2.75) is 0 Å². The van der Waals surface area contributed by atoms with Gasteiger partial charge in [-0.1, -0.05) is 0 Å². The number of aromatic nitrogens is 1. The lowest BCUT2D eigenvalue weighted by Crippen LogP contribution is -2.03. The van der Waals surface area contributed by atoms with Crippen LogP contribution in [0.5, 0.6) is 0 Å². The van der Waals surface area contributed by atoms with Gasteiger partial charge in [-0.25, -0.2) is 0 Å². The van der Waals surface area contributed by atoms with Gasteiger partial charge in [0.15, 0.2) is 0 Å². The van der Waals surface area contributed by atoms with E-state index in [1.807, 2.05) is 11.4 Å². The SMILES string of the molecule is N#Cc1ccc2[nH]c(=O)c3sccc3c2c1. The van der Waals surface area contributed by atoms with Gasteiger partial charge in [-0.15, -0.1) is 11.3 Å². The molecule has 3 rings (SSSR count). The molecule has 2 heterocycles. The predicted octanol–water partition coefficient (Wildman–Crippen LogP) is 2.61. The first-order valence-electron chi connectivity index (χ1n) is 4.73.